The van der Waals surface area contributed by atoms with Crippen molar-refractivity contribution in [2.75, 3.05) is 47.5 Å². The van der Waals surface area contributed by atoms with Crippen LogP contribution in [0.4, 0.5) is 0 Å². The molecule has 10 heteroatoms. The Kier molecular flexibility index (Phi) is 37.9. The Labute approximate surface area is 345 Å². The molecular formula is C46H89NO8P+. The van der Waals surface area contributed by atoms with Gasteiger partial charge in [0.05, 0.1) is 27.7 Å². The van der Waals surface area contributed by atoms with Gasteiger partial charge in [-0.15, -0.1) is 0 Å². The SMILES string of the molecule is CCCCC/C=C/C/C=C/CCCCCCCCCC(=O)OC[C@H](COP(=O)(O)OCC[N+](C)(C)C)OC(=O)CCCCCCCCCCCCCCCCC. The minimum Gasteiger partial charge on any atom is -0.462 e. The van der Waals surface area contributed by atoms with Gasteiger partial charge in [-0.2, -0.15) is 0 Å². The third-order valence-corrected chi connectivity index (χ3v) is 11.0. The van der Waals surface area contributed by atoms with E-state index in [1.54, 1.807) is 0 Å². The van der Waals surface area contributed by atoms with Crippen LogP contribution in [0.2, 0.25) is 0 Å². The first-order valence-corrected chi connectivity index (χ1v) is 24.6. The van der Waals surface area contributed by atoms with E-state index in [9.17, 15) is 19.0 Å². The molecule has 0 aromatic rings. The first-order chi connectivity index (χ1) is 27.0. The molecule has 0 aromatic carbocycles. The molecule has 330 valence electrons. The molecule has 0 rings (SSSR count). The molecule has 0 radical (unpaired) electrons. The number of rotatable bonds is 42. The van der Waals surface area contributed by atoms with Gasteiger partial charge in [-0.25, -0.2) is 4.57 Å². The Morgan fingerprint density at radius 3 is 1.45 bits per heavy atom. The number of hydrogen-bond acceptors (Lipinski definition) is 7. The van der Waals surface area contributed by atoms with E-state index in [0.29, 0.717) is 17.4 Å². The third kappa shape index (κ3) is 42.1. The highest BCUT2D eigenvalue weighted by atomic mass is 31.2. The average Bonchev–Trinajstić information content (AvgIpc) is 3.15. The highest BCUT2D eigenvalue weighted by Gasteiger charge is 2.27. The van der Waals surface area contributed by atoms with Gasteiger partial charge >= 0.3 is 19.8 Å². The Morgan fingerprint density at radius 2 is 0.964 bits per heavy atom. The second-order valence-corrected chi connectivity index (χ2v) is 18.2. The normalized spacial score (nSPS) is 13.8. The zero-order valence-electron chi connectivity index (χ0n) is 37.1. The van der Waals surface area contributed by atoms with Crippen molar-refractivity contribution in [2.24, 2.45) is 0 Å². The average molecular weight is 815 g/mol. The first-order valence-electron chi connectivity index (χ1n) is 23.1. The summed E-state index contributed by atoms with van der Waals surface area (Å²) in [4.78, 5) is 35.4. The highest BCUT2D eigenvalue weighted by molar-refractivity contribution is 7.47. The fraction of sp³-hybridized carbons (Fsp3) is 0.870. The van der Waals surface area contributed by atoms with Gasteiger partial charge in [0, 0.05) is 12.8 Å². The van der Waals surface area contributed by atoms with E-state index in [1.165, 1.54) is 122 Å². The van der Waals surface area contributed by atoms with Crippen LogP contribution in [-0.4, -0.2) is 74.9 Å². The number of quaternary nitrogens is 1. The minimum atomic E-state index is -4.37. The van der Waals surface area contributed by atoms with Crippen molar-refractivity contribution >= 4 is 19.8 Å². The van der Waals surface area contributed by atoms with Gasteiger partial charge in [-0.05, 0) is 44.9 Å². The lowest BCUT2D eigenvalue weighted by atomic mass is 10.0. The Bertz CT molecular complexity index is 1010. The molecule has 0 aliphatic heterocycles. The predicted molar refractivity (Wildman–Crippen MR) is 234 cm³/mol. The maximum atomic E-state index is 12.7. The fourth-order valence-corrected chi connectivity index (χ4v) is 7.08. The van der Waals surface area contributed by atoms with Crippen LogP contribution in [0.15, 0.2) is 24.3 Å². The largest absolute Gasteiger partial charge is 0.472 e. The van der Waals surface area contributed by atoms with Crippen LogP contribution < -0.4 is 0 Å². The summed E-state index contributed by atoms with van der Waals surface area (Å²) in [6.07, 6.45) is 42.1. The summed E-state index contributed by atoms with van der Waals surface area (Å²) in [5, 5.41) is 0. The van der Waals surface area contributed by atoms with Gasteiger partial charge in [0.25, 0.3) is 0 Å². The molecule has 0 heterocycles. The monoisotopic (exact) mass is 815 g/mol. The van der Waals surface area contributed by atoms with E-state index in [2.05, 4.69) is 38.2 Å². The smallest absolute Gasteiger partial charge is 0.462 e. The number of phosphoric acid groups is 1. The number of unbranched alkanes of at least 4 members (excludes halogenated alkanes) is 24. The number of ether oxygens (including phenoxy) is 2. The van der Waals surface area contributed by atoms with Crippen LogP contribution in [0.3, 0.4) is 0 Å². The molecule has 9 nitrogen and oxygen atoms in total. The molecule has 0 aliphatic rings. The van der Waals surface area contributed by atoms with Gasteiger partial charge < -0.3 is 18.9 Å². The van der Waals surface area contributed by atoms with E-state index in [-0.39, 0.29) is 32.0 Å². The summed E-state index contributed by atoms with van der Waals surface area (Å²) in [5.74, 6) is -0.799. The summed E-state index contributed by atoms with van der Waals surface area (Å²) in [6.45, 7) is 4.41. The van der Waals surface area contributed by atoms with E-state index < -0.39 is 26.5 Å². The topological polar surface area (TPSA) is 108 Å². The van der Waals surface area contributed by atoms with Gasteiger partial charge in [0.1, 0.15) is 19.8 Å². The van der Waals surface area contributed by atoms with Crippen LogP contribution in [0.25, 0.3) is 0 Å². The molecule has 2 atom stereocenters. The molecule has 0 amide bonds. The van der Waals surface area contributed by atoms with E-state index in [0.717, 1.165) is 51.4 Å². The van der Waals surface area contributed by atoms with Crippen molar-refractivity contribution in [3.8, 4) is 0 Å². The Morgan fingerprint density at radius 1 is 0.554 bits per heavy atom. The molecule has 0 aromatic heterocycles. The molecule has 0 spiro atoms. The third-order valence-electron chi connectivity index (χ3n) is 9.98. The fourth-order valence-electron chi connectivity index (χ4n) is 6.34. The van der Waals surface area contributed by atoms with Crippen LogP contribution in [0.1, 0.15) is 206 Å². The van der Waals surface area contributed by atoms with Crippen molar-refractivity contribution in [3.63, 3.8) is 0 Å². The van der Waals surface area contributed by atoms with Crippen molar-refractivity contribution in [2.45, 2.75) is 213 Å². The van der Waals surface area contributed by atoms with Crippen LogP contribution >= 0.6 is 7.82 Å². The maximum Gasteiger partial charge on any atom is 0.472 e. The number of carbonyl (C=O) groups is 2. The molecule has 0 saturated heterocycles. The Balaban J connectivity index is 4.32. The number of allylic oxidation sites excluding steroid dienone is 4. The molecular weight excluding hydrogens is 725 g/mol. The van der Waals surface area contributed by atoms with Crippen LogP contribution in [0, 0.1) is 0 Å². The summed E-state index contributed by atoms with van der Waals surface area (Å²) >= 11 is 0. The summed E-state index contributed by atoms with van der Waals surface area (Å²) in [6, 6.07) is 0. The molecule has 56 heavy (non-hydrogen) atoms. The lowest BCUT2D eigenvalue weighted by Crippen LogP contribution is -2.37. The molecule has 0 saturated carbocycles. The second kappa shape index (κ2) is 39.0. The minimum absolute atomic E-state index is 0.0324. The number of carbonyl (C=O) groups excluding carboxylic acids is 2. The number of hydrogen-bond donors (Lipinski definition) is 1. The van der Waals surface area contributed by atoms with Crippen molar-refractivity contribution in [3.05, 3.63) is 24.3 Å². The van der Waals surface area contributed by atoms with Crippen molar-refractivity contribution in [1.82, 2.24) is 0 Å². The van der Waals surface area contributed by atoms with Crippen molar-refractivity contribution < 1.29 is 42.1 Å². The quantitative estimate of drug-likeness (QED) is 0.0213. The lowest BCUT2D eigenvalue weighted by molar-refractivity contribution is -0.870. The molecule has 0 aliphatic carbocycles. The van der Waals surface area contributed by atoms with E-state index >= 15 is 0 Å². The predicted octanol–water partition coefficient (Wildman–Crippen LogP) is 13.1. The number of likely N-dealkylation sites (N-methyl/N-ethyl adjacent to an activating group) is 1. The molecule has 1 N–H and O–H groups in total. The van der Waals surface area contributed by atoms with E-state index in [4.69, 9.17) is 18.5 Å². The molecule has 1 unspecified atom stereocenters. The van der Waals surface area contributed by atoms with Gasteiger partial charge in [-0.3, -0.25) is 18.6 Å². The maximum absolute atomic E-state index is 12.7. The second-order valence-electron chi connectivity index (χ2n) is 16.8. The number of phosphoric ester groups is 1. The first kappa shape index (κ1) is 54.5. The summed E-state index contributed by atoms with van der Waals surface area (Å²) < 4.78 is 34.3. The molecule has 0 fully saturated rings. The van der Waals surface area contributed by atoms with Gasteiger partial charge in [0.15, 0.2) is 6.10 Å². The summed E-state index contributed by atoms with van der Waals surface area (Å²) in [5.41, 5.74) is 0. The van der Waals surface area contributed by atoms with Crippen LogP contribution in [0.5, 0.6) is 0 Å². The van der Waals surface area contributed by atoms with E-state index in [1.807, 2.05) is 21.1 Å². The highest BCUT2D eigenvalue weighted by Crippen LogP contribution is 2.43. The van der Waals surface area contributed by atoms with Crippen LogP contribution in [-0.2, 0) is 32.7 Å². The lowest BCUT2D eigenvalue weighted by Gasteiger charge is -2.24. The number of nitrogens with zero attached hydrogens (tertiary/aromatic N) is 1. The Hall–Kier alpha value is -1.51. The zero-order valence-corrected chi connectivity index (χ0v) is 38.0. The van der Waals surface area contributed by atoms with Gasteiger partial charge in [0.2, 0.25) is 0 Å². The molecule has 0 bridgehead atoms. The number of esters is 2. The standard InChI is InChI=1S/C46H88NO8P/c1-6-8-10-12-14-16-18-20-22-23-25-26-28-30-32-34-36-38-45(48)52-42-44(43-54-56(50,51)53-41-40-47(3,4)5)55-46(49)39-37-35-33-31-29-27-24-21-19-17-15-13-11-9-7-2/h14,16,20,22,44H,6-13,15,17-19,21,23-43H2,1-5H3/p+1/b16-14+,22-20+/t44-/m1/s1. The zero-order chi connectivity index (χ0) is 41.4. The van der Waals surface area contributed by atoms with Gasteiger partial charge in [-0.1, -0.05) is 173 Å². The summed E-state index contributed by atoms with van der Waals surface area (Å²) in [7, 11) is 1.48. The van der Waals surface area contributed by atoms with Crippen molar-refractivity contribution in [1.29, 1.82) is 0 Å².